The van der Waals surface area contributed by atoms with Crippen molar-refractivity contribution in [1.29, 1.82) is 0 Å². The molecule has 1 rings (SSSR count). The van der Waals surface area contributed by atoms with Gasteiger partial charge in [0.15, 0.2) is 5.78 Å². The molecule has 4 heteroatoms. The number of carbonyl (C=O) groups is 1. The van der Waals surface area contributed by atoms with E-state index < -0.39 is 0 Å². The summed E-state index contributed by atoms with van der Waals surface area (Å²) in [5, 5.41) is 3.71. The molecule has 0 amide bonds. The van der Waals surface area contributed by atoms with Gasteiger partial charge in [-0.25, -0.2) is 0 Å². The largest absolute Gasteiger partial charge is 0.383 e. The third-order valence-corrected chi connectivity index (χ3v) is 2.37. The normalized spacial score (nSPS) is 10.4. The number of ketones is 1. The topological polar surface area (TPSA) is 38.3 Å². The zero-order valence-corrected chi connectivity index (χ0v) is 10.1. The van der Waals surface area contributed by atoms with Crippen LogP contribution in [-0.2, 0) is 16.0 Å². The molecule has 0 aliphatic carbocycles. The third kappa shape index (κ3) is 5.26. The SMILES string of the molecule is COCCNCC(=O)Cc1ccc(Cl)cc1. The number of ether oxygens (including phenoxy) is 1. The van der Waals surface area contributed by atoms with Crippen molar-refractivity contribution in [2.45, 2.75) is 6.42 Å². The number of hydrogen-bond donors (Lipinski definition) is 1. The number of carbonyl (C=O) groups excluding carboxylic acids is 1. The van der Waals surface area contributed by atoms with Crippen molar-refractivity contribution in [2.24, 2.45) is 0 Å². The highest BCUT2D eigenvalue weighted by Gasteiger charge is 2.02. The molecule has 0 saturated heterocycles. The third-order valence-electron chi connectivity index (χ3n) is 2.12. The minimum absolute atomic E-state index is 0.165. The number of halogens is 1. The maximum absolute atomic E-state index is 11.5. The van der Waals surface area contributed by atoms with Crippen molar-refractivity contribution in [1.82, 2.24) is 5.32 Å². The Labute approximate surface area is 101 Å². The molecule has 0 bridgehead atoms. The molecule has 0 atom stereocenters. The van der Waals surface area contributed by atoms with E-state index in [4.69, 9.17) is 16.3 Å². The Morgan fingerprint density at radius 1 is 1.38 bits per heavy atom. The van der Waals surface area contributed by atoms with Crippen molar-refractivity contribution >= 4 is 17.4 Å². The van der Waals surface area contributed by atoms with Gasteiger partial charge >= 0.3 is 0 Å². The summed E-state index contributed by atoms with van der Waals surface area (Å²) < 4.78 is 4.87. The van der Waals surface area contributed by atoms with Crippen LogP contribution in [0.4, 0.5) is 0 Å². The monoisotopic (exact) mass is 241 g/mol. The predicted octanol–water partition coefficient (Wildman–Crippen LogP) is 1.69. The van der Waals surface area contributed by atoms with Gasteiger partial charge in [-0.3, -0.25) is 4.79 Å². The van der Waals surface area contributed by atoms with E-state index in [1.165, 1.54) is 0 Å². The second-order valence-electron chi connectivity index (χ2n) is 3.51. The first-order valence-electron chi connectivity index (χ1n) is 5.18. The van der Waals surface area contributed by atoms with Gasteiger partial charge in [0.1, 0.15) is 0 Å². The smallest absolute Gasteiger partial charge is 0.150 e. The standard InChI is InChI=1S/C12H16ClNO2/c1-16-7-6-14-9-12(15)8-10-2-4-11(13)5-3-10/h2-5,14H,6-9H2,1H3. The average Bonchev–Trinajstić information content (AvgIpc) is 2.28. The van der Waals surface area contributed by atoms with Crippen LogP contribution in [0.1, 0.15) is 5.56 Å². The molecule has 1 N–H and O–H groups in total. The summed E-state index contributed by atoms with van der Waals surface area (Å²) in [6.45, 7) is 1.70. The minimum Gasteiger partial charge on any atom is -0.383 e. The first-order chi connectivity index (χ1) is 7.72. The number of hydrogen-bond acceptors (Lipinski definition) is 3. The van der Waals surface area contributed by atoms with E-state index >= 15 is 0 Å². The van der Waals surface area contributed by atoms with Gasteiger partial charge in [0.25, 0.3) is 0 Å². The Kier molecular flexibility index (Phi) is 6.08. The molecular formula is C12H16ClNO2. The summed E-state index contributed by atoms with van der Waals surface area (Å²) >= 11 is 5.76. The van der Waals surface area contributed by atoms with Gasteiger partial charge in [-0.15, -0.1) is 0 Å². The van der Waals surface area contributed by atoms with E-state index in [1.807, 2.05) is 12.1 Å². The average molecular weight is 242 g/mol. The van der Waals surface area contributed by atoms with Crippen LogP contribution >= 0.6 is 11.6 Å². The zero-order valence-electron chi connectivity index (χ0n) is 9.33. The van der Waals surface area contributed by atoms with Crippen molar-refractivity contribution in [3.63, 3.8) is 0 Å². The van der Waals surface area contributed by atoms with Crippen LogP contribution in [0.25, 0.3) is 0 Å². The van der Waals surface area contributed by atoms with E-state index in [2.05, 4.69) is 5.32 Å². The highest BCUT2D eigenvalue weighted by molar-refractivity contribution is 6.30. The fraction of sp³-hybridized carbons (Fsp3) is 0.417. The molecule has 0 spiro atoms. The fourth-order valence-electron chi connectivity index (χ4n) is 1.29. The lowest BCUT2D eigenvalue weighted by Gasteiger charge is -2.03. The van der Waals surface area contributed by atoms with E-state index in [0.29, 0.717) is 31.1 Å². The maximum atomic E-state index is 11.5. The first-order valence-corrected chi connectivity index (χ1v) is 5.56. The number of benzene rings is 1. The second kappa shape index (κ2) is 7.39. The lowest BCUT2D eigenvalue weighted by Crippen LogP contribution is -2.27. The lowest BCUT2D eigenvalue weighted by atomic mass is 10.1. The molecule has 3 nitrogen and oxygen atoms in total. The van der Waals surface area contributed by atoms with Gasteiger partial charge < -0.3 is 10.1 Å². The van der Waals surface area contributed by atoms with Gasteiger partial charge in [0.2, 0.25) is 0 Å². The van der Waals surface area contributed by atoms with Gasteiger partial charge in [-0.05, 0) is 17.7 Å². The van der Waals surface area contributed by atoms with Crippen LogP contribution in [0.2, 0.25) is 5.02 Å². The number of rotatable bonds is 7. The molecular weight excluding hydrogens is 226 g/mol. The van der Waals surface area contributed by atoms with Crippen molar-refractivity contribution in [3.05, 3.63) is 34.9 Å². The predicted molar refractivity (Wildman–Crippen MR) is 64.9 cm³/mol. The van der Waals surface area contributed by atoms with Crippen LogP contribution in [-0.4, -0.2) is 32.6 Å². The number of Topliss-reactive ketones (excluding diaryl/α,β-unsaturated/α-hetero) is 1. The molecule has 88 valence electrons. The summed E-state index contributed by atoms with van der Waals surface area (Å²) in [6.07, 6.45) is 0.442. The van der Waals surface area contributed by atoms with E-state index in [0.717, 1.165) is 5.56 Å². The highest BCUT2D eigenvalue weighted by atomic mass is 35.5. The summed E-state index contributed by atoms with van der Waals surface area (Å²) in [6, 6.07) is 7.33. The Hall–Kier alpha value is -0.900. The van der Waals surface area contributed by atoms with Crippen molar-refractivity contribution in [3.8, 4) is 0 Å². The summed E-state index contributed by atoms with van der Waals surface area (Å²) in [5.74, 6) is 0.165. The molecule has 1 aromatic rings. The number of methoxy groups -OCH3 is 1. The molecule has 1 aromatic carbocycles. The summed E-state index contributed by atoms with van der Waals surface area (Å²) in [4.78, 5) is 11.5. The van der Waals surface area contributed by atoms with E-state index in [9.17, 15) is 4.79 Å². The molecule has 0 aliphatic heterocycles. The van der Waals surface area contributed by atoms with Crippen LogP contribution in [0.15, 0.2) is 24.3 Å². The van der Waals surface area contributed by atoms with Crippen molar-refractivity contribution < 1.29 is 9.53 Å². The summed E-state index contributed by atoms with van der Waals surface area (Å²) in [5.41, 5.74) is 0.989. The molecule has 0 unspecified atom stereocenters. The zero-order chi connectivity index (χ0) is 11.8. The van der Waals surface area contributed by atoms with E-state index in [-0.39, 0.29) is 5.78 Å². The molecule has 0 radical (unpaired) electrons. The molecule has 0 fully saturated rings. The Morgan fingerprint density at radius 3 is 2.69 bits per heavy atom. The van der Waals surface area contributed by atoms with Crippen LogP contribution in [0, 0.1) is 0 Å². The highest BCUT2D eigenvalue weighted by Crippen LogP contribution is 2.09. The van der Waals surface area contributed by atoms with Gasteiger partial charge in [-0.2, -0.15) is 0 Å². The Morgan fingerprint density at radius 2 is 2.06 bits per heavy atom. The quantitative estimate of drug-likeness (QED) is 0.739. The Balaban J connectivity index is 2.26. The van der Waals surface area contributed by atoms with Gasteiger partial charge in [-0.1, -0.05) is 23.7 Å². The molecule has 0 aromatic heterocycles. The summed E-state index contributed by atoms with van der Waals surface area (Å²) in [7, 11) is 1.64. The number of nitrogens with one attached hydrogen (secondary N) is 1. The minimum atomic E-state index is 0.165. The second-order valence-corrected chi connectivity index (χ2v) is 3.95. The van der Waals surface area contributed by atoms with Crippen molar-refractivity contribution in [2.75, 3.05) is 26.8 Å². The van der Waals surface area contributed by atoms with E-state index in [1.54, 1.807) is 19.2 Å². The van der Waals surface area contributed by atoms with Crippen LogP contribution < -0.4 is 5.32 Å². The van der Waals surface area contributed by atoms with Crippen LogP contribution in [0.5, 0.6) is 0 Å². The molecule has 0 heterocycles. The Bertz CT molecular complexity index is 324. The first kappa shape index (κ1) is 13.2. The molecule has 0 aliphatic rings. The lowest BCUT2D eigenvalue weighted by molar-refractivity contribution is -0.117. The molecule has 0 saturated carbocycles. The van der Waals surface area contributed by atoms with Gasteiger partial charge in [0.05, 0.1) is 13.2 Å². The van der Waals surface area contributed by atoms with Crippen LogP contribution in [0.3, 0.4) is 0 Å². The fourth-order valence-corrected chi connectivity index (χ4v) is 1.42. The maximum Gasteiger partial charge on any atom is 0.150 e. The molecule has 16 heavy (non-hydrogen) atoms. The van der Waals surface area contributed by atoms with Gasteiger partial charge in [0, 0.05) is 25.1 Å².